The monoisotopic (exact) mass is 279 g/mol. The standard InChI is InChI=1S/C18H17NO2/c1-20-16-5-3-13(4-6-16)9-14-11-19-12-15-10-17(21-2)7-8-18(14)15/h3-8,10-12H,9H2,1-2H3. The molecule has 0 spiro atoms. The first-order chi connectivity index (χ1) is 10.3. The van der Waals surface area contributed by atoms with E-state index in [2.05, 4.69) is 23.2 Å². The largest absolute Gasteiger partial charge is 0.497 e. The van der Waals surface area contributed by atoms with E-state index in [0.29, 0.717) is 0 Å². The summed E-state index contributed by atoms with van der Waals surface area (Å²) in [7, 11) is 3.35. The van der Waals surface area contributed by atoms with E-state index in [9.17, 15) is 0 Å². The first-order valence-electron chi connectivity index (χ1n) is 6.84. The molecule has 3 rings (SSSR count). The molecule has 0 N–H and O–H groups in total. The van der Waals surface area contributed by atoms with Crippen LogP contribution in [0.4, 0.5) is 0 Å². The summed E-state index contributed by atoms with van der Waals surface area (Å²) in [5.41, 5.74) is 2.45. The van der Waals surface area contributed by atoms with E-state index in [-0.39, 0.29) is 0 Å². The maximum absolute atomic E-state index is 5.26. The van der Waals surface area contributed by atoms with Gasteiger partial charge in [0.1, 0.15) is 11.5 Å². The molecule has 0 radical (unpaired) electrons. The quantitative estimate of drug-likeness (QED) is 0.727. The highest BCUT2D eigenvalue weighted by molar-refractivity contribution is 5.86. The first kappa shape index (κ1) is 13.4. The van der Waals surface area contributed by atoms with Crippen molar-refractivity contribution in [3.8, 4) is 11.5 Å². The Kier molecular flexibility index (Phi) is 3.73. The van der Waals surface area contributed by atoms with E-state index in [1.807, 2.05) is 36.7 Å². The lowest BCUT2D eigenvalue weighted by atomic mass is 10.0. The molecule has 0 aliphatic carbocycles. The van der Waals surface area contributed by atoms with Crippen LogP contribution in [0.25, 0.3) is 10.8 Å². The lowest BCUT2D eigenvalue weighted by Crippen LogP contribution is -1.92. The Morgan fingerprint density at radius 2 is 1.57 bits per heavy atom. The molecule has 1 aromatic heterocycles. The maximum Gasteiger partial charge on any atom is 0.119 e. The summed E-state index contributed by atoms with van der Waals surface area (Å²) in [4.78, 5) is 4.34. The second kappa shape index (κ2) is 5.83. The third kappa shape index (κ3) is 2.82. The summed E-state index contributed by atoms with van der Waals surface area (Å²) >= 11 is 0. The van der Waals surface area contributed by atoms with Crippen molar-refractivity contribution >= 4 is 10.8 Å². The Hall–Kier alpha value is -2.55. The van der Waals surface area contributed by atoms with Crippen molar-refractivity contribution in [1.82, 2.24) is 4.98 Å². The molecule has 0 bridgehead atoms. The van der Waals surface area contributed by atoms with Crippen LogP contribution >= 0.6 is 0 Å². The Labute approximate surface area is 124 Å². The maximum atomic E-state index is 5.26. The number of pyridine rings is 1. The van der Waals surface area contributed by atoms with Crippen molar-refractivity contribution in [3.63, 3.8) is 0 Å². The molecule has 0 unspecified atom stereocenters. The zero-order valence-electron chi connectivity index (χ0n) is 12.2. The average molecular weight is 279 g/mol. The van der Waals surface area contributed by atoms with Crippen molar-refractivity contribution in [1.29, 1.82) is 0 Å². The van der Waals surface area contributed by atoms with Crippen LogP contribution in [-0.4, -0.2) is 19.2 Å². The Bertz CT molecular complexity index is 751. The fraction of sp³-hybridized carbons (Fsp3) is 0.167. The van der Waals surface area contributed by atoms with Crippen molar-refractivity contribution in [3.05, 3.63) is 66.0 Å². The Morgan fingerprint density at radius 3 is 2.29 bits per heavy atom. The van der Waals surface area contributed by atoms with E-state index in [4.69, 9.17) is 9.47 Å². The highest BCUT2D eigenvalue weighted by Crippen LogP contribution is 2.25. The fourth-order valence-electron chi connectivity index (χ4n) is 2.45. The average Bonchev–Trinajstić information content (AvgIpc) is 2.55. The highest BCUT2D eigenvalue weighted by atomic mass is 16.5. The number of aromatic nitrogens is 1. The van der Waals surface area contributed by atoms with Crippen molar-refractivity contribution in [2.24, 2.45) is 0 Å². The van der Waals surface area contributed by atoms with Gasteiger partial charge in [-0.1, -0.05) is 18.2 Å². The van der Waals surface area contributed by atoms with E-state index >= 15 is 0 Å². The van der Waals surface area contributed by atoms with E-state index in [1.165, 1.54) is 16.5 Å². The summed E-state index contributed by atoms with van der Waals surface area (Å²) in [6, 6.07) is 14.2. The van der Waals surface area contributed by atoms with Gasteiger partial charge in [-0.15, -0.1) is 0 Å². The summed E-state index contributed by atoms with van der Waals surface area (Å²) in [5.74, 6) is 1.73. The van der Waals surface area contributed by atoms with E-state index < -0.39 is 0 Å². The molecule has 0 amide bonds. The summed E-state index contributed by atoms with van der Waals surface area (Å²) in [5, 5.41) is 2.31. The van der Waals surface area contributed by atoms with Crippen molar-refractivity contribution in [2.75, 3.05) is 14.2 Å². The number of rotatable bonds is 4. The van der Waals surface area contributed by atoms with E-state index in [0.717, 1.165) is 23.3 Å². The molecule has 1 heterocycles. The van der Waals surface area contributed by atoms with Crippen LogP contribution in [0.3, 0.4) is 0 Å². The van der Waals surface area contributed by atoms with Gasteiger partial charge in [0.05, 0.1) is 14.2 Å². The minimum absolute atomic E-state index is 0.848. The van der Waals surface area contributed by atoms with Crippen molar-refractivity contribution in [2.45, 2.75) is 6.42 Å². The SMILES string of the molecule is COc1ccc(Cc2cncc3cc(OC)ccc23)cc1. The molecule has 3 heteroatoms. The number of fused-ring (bicyclic) bond motifs is 1. The Balaban J connectivity index is 1.95. The van der Waals surface area contributed by atoms with Gasteiger partial charge in [-0.05, 0) is 47.2 Å². The predicted molar refractivity (Wildman–Crippen MR) is 84.1 cm³/mol. The molecule has 0 aliphatic heterocycles. The van der Waals surface area contributed by atoms with Crippen LogP contribution in [-0.2, 0) is 6.42 Å². The van der Waals surface area contributed by atoms with Gasteiger partial charge >= 0.3 is 0 Å². The lowest BCUT2D eigenvalue weighted by molar-refractivity contribution is 0.414. The number of methoxy groups -OCH3 is 2. The number of ether oxygens (including phenoxy) is 2. The fourth-order valence-corrected chi connectivity index (χ4v) is 2.45. The minimum atomic E-state index is 0.848. The summed E-state index contributed by atoms with van der Waals surface area (Å²) in [6.45, 7) is 0. The van der Waals surface area contributed by atoms with Crippen molar-refractivity contribution < 1.29 is 9.47 Å². The third-order valence-electron chi connectivity index (χ3n) is 3.60. The third-order valence-corrected chi connectivity index (χ3v) is 3.60. The number of hydrogen-bond donors (Lipinski definition) is 0. The number of nitrogens with zero attached hydrogens (tertiary/aromatic N) is 1. The van der Waals surface area contributed by atoms with Crippen LogP contribution < -0.4 is 9.47 Å². The molecule has 0 aliphatic rings. The minimum Gasteiger partial charge on any atom is -0.497 e. The number of hydrogen-bond acceptors (Lipinski definition) is 3. The molecule has 0 saturated carbocycles. The van der Waals surface area contributed by atoms with Crippen LogP contribution in [0.15, 0.2) is 54.9 Å². The van der Waals surface area contributed by atoms with Gasteiger partial charge in [-0.2, -0.15) is 0 Å². The Morgan fingerprint density at radius 1 is 0.857 bits per heavy atom. The molecule has 0 saturated heterocycles. The molecular weight excluding hydrogens is 262 g/mol. The topological polar surface area (TPSA) is 31.4 Å². The summed E-state index contributed by atoms with van der Waals surface area (Å²) in [6.07, 6.45) is 4.65. The predicted octanol–water partition coefficient (Wildman–Crippen LogP) is 3.84. The zero-order chi connectivity index (χ0) is 14.7. The van der Waals surface area contributed by atoms with Gasteiger partial charge in [-0.25, -0.2) is 0 Å². The smallest absolute Gasteiger partial charge is 0.119 e. The van der Waals surface area contributed by atoms with E-state index in [1.54, 1.807) is 14.2 Å². The molecular formula is C18H17NO2. The molecule has 21 heavy (non-hydrogen) atoms. The van der Waals surface area contributed by atoms with Crippen LogP contribution in [0, 0.1) is 0 Å². The molecule has 0 fully saturated rings. The second-order valence-corrected chi connectivity index (χ2v) is 4.91. The first-order valence-corrected chi connectivity index (χ1v) is 6.84. The van der Waals surface area contributed by atoms with Gasteiger partial charge in [-0.3, -0.25) is 4.98 Å². The molecule has 0 atom stereocenters. The van der Waals surface area contributed by atoms with Crippen LogP contribution in [0.2, 0.25) is 0 Å². The summed E-state index contributed by atoms with van der Waals surface area (Å²) < 4.78 is 10.5. The van der Waals surface area contributed by atoms with Gasteiger partial charge in [0.2, 0.25) is 0 Å². The second-order valence-electron chi connectivity index (χ2n) is 4.91. The lowest BCUT2D eigenvalue weighted by Gasteiger charge is -2.08. The normalized spacial score (nSPS) is 10.6. The van der Waals surface area contributed by atoms with Crippen LogP contribution in [0.1, 0.15) is 11.1 Å². The number of benzene rings is 2. The molecule has 106 valence electrons. The molecule has 3 aromatic rings. The van der Waals surface area contributed by atoms with Gasteiger partial charge in [0, 0.05) is 17.8 Å². The zero-order valence-corrected chi connectivity index (χ0v) is 12.2. The van der Waals surface area contributed by atoms with Gasteiger partial charge in [0.25, 0.3) is 0 Å². The molecule has 2 aromatic carbocycles. The van der Waals surface area contributed by atoms with Gasteiger partial charge in [0.15, 0.2) is 0 Å². The van der Waals surface area contributed by atoms with Gasteiger partial charge < -0.3 is 9.47 Å². The highest BCUT2D eigenvalue weighted by Gasteiger charge is 2.04. The molecule has 3 nitrogen and oxygen atoms in total. The van der Waals surface area contributed by atoms with Crippen LogP contribution in [0.5, 0.6) is 11.5 Å².